The molecule has 3 heteroatoms. The second-order valence-corrected chi connectivity index (χ2v) is 12.5. The van der Waals surface area contributed by atoms with Crippen molar-refractivity contribution >= 4 is 55.5 Å². The molecule has 0 aliphatic carbocycles. The van der Waals surface area contributed by atoms with Gasteiger partial charge < -0.3 is 0 Å². The summed E-state index contributed by atoms with van der Waals surface area (Å²) in [6.07, 6.45) is 0. The quantitative estimate of drug-likeness (QED) is 0.152. The highest BCUT2D eigenvalue weighted by molar-refractivity contribution is 6.98. The van der Waals surface area contributed by atoms with Crippen LogP contribution < -0.4 is 16.4 Å². The maximum atomic E-state index is 14.1. The topological polar surface area (TPSA) is 12.9 Å². The number of pyridine rings is 1. The Morgan fingerprint density at radius 3 is 1.59 bits per heavy atom. The molecule has 214 valence electrons. The summed E-state index contributed by atoms with van der Waals surface area (Å²) < 4.78 is 14.1. The van der Waals surface area contributed by atoms with Gasteiger partial charge in [0.05, 0.1) is 11.2 Å². The minimum atomic E-state index is -0.249. The molecule has 0 spiro atoms. The minimum absolute atomic E-state index is 0.0121. The highest BCUT2D eigenvalue weighted by Gasteiger charge is 2.31. The molecule has 0 bridgehead atoms. The third kappa shape index (κ3) is 4.59. The molecule has 0 unspecified atom stereocenters. The van der Waals surface area contributed by atoms with E-state index in [4.69, 9.17) is 4.98 Å². The van der Waals surface area contributed by atoms with E-state index in [1.165, 1.54) is 78.1 Å². The molecule has 0 N–H and O–H groups in total. The maximum Gasteiger partial charge on any atom is 0.243 e. The lowest BCUT2D eigenvalue weighted by molar-refractivity contribution is 0.628. The Balaban J connectivity index is 1.70. The van der Waals surface area contributed by atoms with Crippen molar-refractivity contribution in [2.75, 3.05) is 0 Å². The van der Waals surface area contributed by atoms with Crippen molar-refractivity contribution in [3.05, 3.63) is 142 Å². The number of benzene rings is 6. The number of rotatable bonds is 4. The molecule has 0 aliphatic heterocycles. The van der Waals surface area contributed by atoms with Gasteiger partial charge in [-0.15, -0.1) is 0 Å². The van der Waals surface area contributed by atoms with Crippen LogP contribution in [-0.4, -0.2) is 11.7 Å². The average Bonchev–Trinajstić information content (AvgIpc) is 2.99. The summed E-state index contributed by atoms with van der Waals surface area (Å²) in [4.78, 5) is 5.23. The van der Waals surface area contributed by atoms with Crippen molar-refractivity contribution in [1.29, 1.82) is 0 Å². The minimum Gasteiger partial charge on any atom is -0.247 e. The fraction of sp³-hybridized carbons (Fsp3) is 0.146. The number of hydrogen-bond donors (Lipinski definition) is 0. The Kier molecular flexibility index (Phi) is 6.85. The Morgan fingerprint density at radius 1 is 0.523 bits per heavy atom. The predicted molar refractivity (Wildman–Crippen MR) is 188 cm³/mol. The number of aryl methyl sites for hydroxylation is 6. The van der Waals surface area contributed by atoms with Gasteiger partial charge >= 0.3 is 0 Å². The van der Waals surface area contributed by atoms with Gasteiger partial charge in [0.25, 0.3) is 0 Å². The molecule has 1 aromatic heterocycles. The van der Waals surface area contributed by atoms with Gasteiger partial charge in [0.15, 0.2) is 0 Å². The number of aromatic nitrogens is 1. The summed E-state index contributed by atoms with van der Waals surface area (Å²) in [6, 6.07) is 35.6. The number of fused-ring (bicyclic) bond motifs is 5. The molecule has 0 saturated carbocycles. The van der Waals surface area contributed by atoms with E-state index in [1.807, 2.05) is 18.2 Å². The first-order valence-electron chi connectivity index (χ1n) is 15.4. The fourth-order valence-electron chi connectivity index (χ4n) is 7.66. The first-order chi connectivity index (χ1) is 21.2. The molecule has 0 radical (unpaired) electrons. The SMILES string of the molecule is Cc1cc(C)c(B(c2c(C)cc(C)cc2C)c2cc3c(-c4ccc(F)cc4)nc4ccccc4c3c3ccccc23)c(C)c1. The summed E-state index contributed by atoms with van der Waals surface area (Å²) in [5.41, 5.74) is 14.4. The first-order valence-corrected chi connectivity index (χ1v) is 15.4. The highest BCUT2D eigenvalue weighted by Crippen LogP contribution is 2.37. The van der Waals surface area contributed by atoms with E-state index in [1.54, 1.807) is 0 Å². The Labute approximate surface area is 259 Å². The summed E-state index contributed by atoms with van der Waals surface area (Å²) in [6.45, 7) is 13.4. The van der Waals surface area contributed by atoms with E-state index in [2.05, 4.69) is 114 Å². The fourth-order valence-corrected chi connectivity index (χ4v) is 7.66. The van der Waals surface area contributed by atoms with Gasteiger partial charge in [-0.2, -0.15) is 0 Å². The molecule has 0 aliphatic rings. The van der Waals surface area contributed by atoms with Crippen molar-refractivity contribution < 1.29 is 4.39 Å². The second kappa shape index (κ2) is 10.8. The van der Waals surface area contributed by atoms with E-state index in [9.17, 15) is 4.39 Å². The first kappa shape index (κ1) is 28.0. The van der Waals surface area contributed by atoms with E-state index in [-0.39, 0.29) is 12.5 Å². The number of nitrogens with zero attached hydrogens (tertiary/aromatic N) is 1. The molecule has 7 rings (SSSR count). The van der Waals surface area contributed by atoms with Gasteiger partial charge in [-0.05, 0) is 82.6 Å². The summed E-state index contributed by atoms with van der Waals surface area (Å²) in [5, 5.41) is 5.83. The van der Waals surface area contributed by atoms with Crippen LogP contribution in [0.25, 0.3) is 43.7 Å². The Hall–Kier alpha value is -4.76. The van der Waals surface area contributed by atoms with Crippen molar-refractivity contribution in [3.8, 4) is 11.3 Å². The lowest BCUT2D eigenvalue weighted by Crippen LogP contribution is -2.56. The summed E-state index contributed by atoms with van der Waals surface area (Å²) in [5.74, 6) is -0.249. The van der Waals surface area contributed by atoms with E-state index in [0.29, 0.717) is 0 Å². The second-order valence-electron chi connectivity index (χ2n) is 12.5. The molecular formula is C41H35BFN. The lowest BCUT2D eigenvalue weighted by atomic mass is 9.33. The average molecular weight is 572 g/mol. The van der Waals surface area contributed by atoms with Crippen LogP contribution in [0.3, 0.4) is 0 Å². The molecular weight excluding hydrogens is 536 g/mol. The smallest absolute Gasteiger partial charge is 0.243 e. The van der Waals surface area contributed by atoms with Gasteiger partial charge in [0, 0.05) is 21.7 Å². The number of para-hydroxylation sites is 1. The molecule has 7 aromatic rings. The zero-order chi connectivity index (χ0) is 30.7. The predicted octanol–water partition coefficient (Wildman–Crippen LogP) is 8.71. The number of halogens is 1. The van der Waals surface area contributed by atoms with Crippen LogP contribution >= 0.6 is 0 Å². The Morgan fingerprint density at radius 2 is 1.02 bits per heavy atom. The third-order valence-electron chi connectivity index (χ3n) is 9.22. The van der Waals surface area contributed by atoms with Gasteiger partial charge in [-0.1, -0.05) is 123 Å². The van der Waals surface area contributed by atoms with Crippen LogP contribution in [0.5, 0.6) is 0 Å². The zero-order valence-electron chi connectivity index (χ0n) is 26.2. The van der Waals surface area contributed by atoms with Crippen LogP contribution in [0.15, 0.2) is 103 Å². The maximum absolute atomic E-state index is 14.1. The van der Waals surface area contributed by atoms with E-state index >= 15 is 0 Å². The van der Waals surface area contributed by atoms with Crippen molar-refractivity contribution in [1.82, 2.24) is 4.98 Å². The van der Waals surface area contributed by atoms with Gasteiger partial charge in [0.1, 0.15) is 5.82 Å². The van der Waals surface area contributed by atoms with Crippen molar-refractivity contribution in [2.45, 2.75) is 41.5 Å². The highest BCUT2D eigenvalue weighted by atomic mass is 19.1. The molecule has 0 saturated heterocycles. The molecule has 0 atom stereocenters. The van der Waals surface area contributed by atoms with Gasteiger partial charge in [-0.25, -0.2) is 9.37 Å². The van der Waals surface area contributed by atoms with Crippen LogP contribution in [0, 0.1) is 47.4 Å². The molecule has 1 nitrogen and oxygen atoms in total. The molecule has 6 aromatic carbocycles. The standard InChI is InChI=1S/C41H35BFN/c1-24-19-26(3)39(27(4)20-24)42(40-28(5)21-25(2)22-29(40)6)36-23-35-38(33-12-8-7-11-32(33)36)34-13-9-10-14-37(34)44-41(35)30-15-17-31(43)18-16-30/h7-23H,1-6H3. The van der Waals surface area contributed by atoms with Crippen LogP contribution in [0.2, 0.25) is 0 Å². The lowest BCUT2D eigenvalue weighted by Gasteiger charge is -2.26. The van der Waals surface area contributed by atoms with E-state index < -0.39 is 0 Å². The molecule has 44 heavy (non-hydrogen) atoms. The molecule has 1 heterocycles. The third-order valence-corrected chi connectivity index (χ3v) is 9.22. The normalized spacial score (nSPS) is 11.5. The van der Waals surface area contributed by atoms with E-state index in [0.717, 1.165) is 27.5 Å². The Bertz CT molecular complexity index is 2140. The van der Waals surface area contributed by atoms with Crippen LogP contribution in [-0.2, 0) is 0 Å². The summed E-state index contributed by atoms with van der Waals surface area (Å²) in [7, 11) is 0. The zero-order valence-corrected chi connectivity index (χ0v) is 26.2. The number of hydrogen-bond acceptors (Lipinski definition) is 1. The summed E-state index contributed by atoms with van der Waals surface area (Å²) >= 11 is 0. The van der Waals surface area contributed by atoms with Crippen molar-refractivity contribution in [2.24, 2.45) is 0 Å². The van der Waals surface area contributed by atoms with Crippen LogP contribution in [0.4, 0.5) is 4.39 Å². The van der Waals surface area contributed by atoms with Gasteiger partial charge in [0.2, 0.25) is 6.71 Å². The van der Waals surface area contributed by atoms with Crippen molar-refractivity contribution in [3.63, 3.8) is 0 Å². The monoisotopic (exact) mass is 571 g/mol. The molecule has 0 amide bonds. The van der Waals surface area contributed by atoms with Crippen LogP contribution in [0.1, 0.15) is 33.4 Å². The molecule has 0 fully saturated rings. The largest absolute Gasteiger partial charge is 0.247 e. The van der Waals surface area contributed by atoms with Gasteiger partial charge in [-0.3, -0.25) is 0 Å².